The van der Waals surface area contributed by atoms with Crippen molar-refractivity contribution < 1.29 is 19.4 Å². The zero-order valence-electron chi connectivity index (χ0n) is 10.3. The van der Waals surface area contributed by atoms with E-state index in [1.165, 1.54) is 0 Å². The molecule has 0 saturated heterocycles. The van der Waals surface area contributed by atoms with Crippen molar-refractivity contribution in [2.75, 3.05) is 7.11 Å². The van der Waals surface area contributed by atoms with Gasteiger partial charge in [-0.05, 0) is 31.2 Å². The van der Waals surface area contributed by atoms with E-state index in [0.717, 1.165) is 31.2 Å². The molecule has 1 N–H and O–H groups in total. The molecule has 4 nitrogen and oxygen atoms in total. The molecule has 0 radical (unpaired) electrons. The first kappa shape index (κ1) is 12.8. The molecule has 0 aromatic heterocycles. The highest BCUT2D eigenvalue weighted by Crippen LogP contribution is 2.42. The summed E-state index contributed by atoms with van der Waals surface area (Å²) in [7, 11) is 1.74. The minimum atomic E-state index is -1.42. The summed E-state index contributed by atoms with van der Waals surface area (Å²) in [6, 6.07) is 6.75. The highest BCUT2D eigenvalue weighted by atomic mass is 16.5. The Kier molecular flexibility index (Phi) is 3.48. The van der Waals surface area contributed by atoms with Gasteiger partial charge in [-0.25, -0.2) is 4.79 Å². The van der Waals surface area contributed by atoms with E-state index in [9.17, 15) is 9.59 Å². The van der Waals surface area contributed by atoms with Gasteiger partial charge in [-0.1, -0.05) is 24.3 Å². The largest absolute Gasteiger partial charge is 0.475 e. The molecule has 2 rings (SSSR count). The molecule has 96 valence electrons. The fourth-order valence-corrected chi connectivity index (χ4v) is 2.01. The maximum atomic E-state index is 11.2. The molecule has 0 aliphatic heterocycles. The van der Waals surface area contributed by atoms with Crippen molar-refractivity contribution in [2.45, 2.75) is 31.3 Å². The molecule has 18 heavy (non-hydrogen) atoms. The molecule has 0 atom stereocenters. The van der Waals surface area contributed by atoms with E-state index < -0.39 is 11.8 Å². The van der Waals surface area contributed by atoms with Crippen molar-refractivity contribution in [1.82, 2.24) is 0 Å². The minimum Gasteiger partial charge on any atom is -0.475 e. The normalized spacial score (nSPS) is 16.3. The van der Waals surface area contributed by atoms with E-state index in [1.54, 1.807) is 19.2 Å². The molecule has 0 unspecified atom stereocenters. The van der Waals surface area contributed by atoms with Gasteiger partial charge in [0, 0.05) is 12.7 Å². The number of hydrogen-bond donors (Lipinski definition) is 1. The van der Waals surface area contributed by atoms with Gasteiger partial charge in [0.05, 0.1) is 5.60 Å². The lowest BCUT2D eigenvalue weighted by Gasteiger charge is -2.12. The summed E-state index contributed by atoms with van der Waals surface area (Å²) in [5.74, 6) is -2.28. The number of aliphatic carboxylic acids is 1. The van der Waals surface area contributed by atoms with Crippen molar-refractivity contribution in [3.8, 4) is 0 Å². The number of Topliss-reactive ketones (excluding diaryl/α,β-unsaturated/α-hetero) is 1. The molecule has 4 heteroatoms. The first-order valence-electron chi connectivity index (χ1n) is 5.98. The molecule has 1 aromatic carbocycles. The van der Waals surface area contributed by atoms with Crippen LogP contribution in [0, 0.1) is 0 Å². The van der Waals surface area contributed by atoms with E-state index >= 15 is 0 Å². The molecule has 1 fully saturated rings. The maximum Gasteiger partial charge on any atom is 0.377 e. The summed E-state index contributed by atoms with van der Waals surface area (Å²) in [6.45, 7) is 0. The molecule has 0 bridgehead atoms. The summed E-state index contributed by atoms with van der Waals surface area (Å²) >= 11 is 0. The summed E-state index contributed by atoms with van der Waals surface area (Å²) in [6.07, 6.45) is 4.07. The SMILES string of the molecule is COC1(CCc2ccc(C(=O)C(=O)O)cc2)CC1. The highest BCUT2D eigenvalue weighted by Gasteiger charge is 2.42. The lowest BCUT2D eigenvalue weighted by atomic mass is 10.0. The van der Waals surface area contributed by atoms with Gasteiger partial charge >= 0.3 is 5.97 Å². The predicted molar refractivity (Wildman–Crippen MR) is 65.7 cm³/mol. The lowest BCUT2D eigenvalue weighted by molar-refractivity contribution is -0.131. The van der Waals surface area contributed by atoms with E-state index in [0.29, 0.717) is 0 Å². The number of carboxylic acid groups (broad SMARTS) is 1. The quantitative estimate of drug-likeness (QED) is 0.618. The van der Waals surface area contributed by atoms with Gasteiger partial charge < -0.3 is 9.84 Å². The molecule has 1 aliphatic rings. The molecule has 0 heterocycles. The van der Waals surface area contributed by atoms with Crippen molar-refractivity contribution in [1.29, 1.82) is 0 Å². The fourth-order valence-electron chi connectivity index (χ4n) is 2.01. The number of aryl methyl sites for hydroxylation is 1. The highest BCUT2D eigenvalue weighted by molar-refractivity contribution is 6.39. The van der Waals surface area contributed by atoms with E-state index in [2.05, 4.69) is 0 Å². The Morgan fingerprint density at radius 3 is 2.33 bits per heavy atom. The summed E-state index contributed by atoms with van der Waals surface area (Å²) in [5, 5.41) is 8.59. The van der Waals surface area contributed by atoms with Crippen LogP contribution in [0.15, 0.2) is 24.3 Å². The van der Waals surface area contributed by atoms with E-state index in [4.69, 9.17) is 9.84 Å². The first-order valence-corrected chi connectivity index (χ1v) is 5.98. The number of carbonyl (C=O) groups excluding carboxylic acids is 1. The lowest BCUT2D eigenvalue weighted by Crippen LogP contribution is -2.13. The van der Waals surface area contributed by atoms with Gasteiger partial charge in [0.2, 0.25) is 0 Å². The van der Waals surface area contributed by atoms with Crippen molar-refractivity contribution in [3.63, 3.8) is 0 Å². The number of rotatable bonds is 6. The van der Waals surface area contributed by atoms with Crippen LogP contribution in [0.25, 0.3) is 0 Å². The molecule has 1 saturated carbocycles. The van der Waals surface area contributed by atoms with Gasteiger partial charge in [0.25, 0.3) is 5.78 Å². The van der Waals surface area contributed by atoms with Gasteiger partial charge in [-0.2, -0.15) is 0 Å². The van der Waals surface area contributed by atoms with Gasteiger partial charge in [0.1, 0.15) is 0 Å². The Hall–Kier alpha value is -1.68. The standard InChI is InChI=1S/C14H16O4/c1-18-14(8-9-14)7-6-10-2-4-11(5-3-10)12(15)13(16)17/h2-5H,6-9H2,1H3,(H,16,17). The Labute approximate surface area is 106 Å². The average Bonchev–Trinajstić information content (AvgIpc) is 3.17. The number of methoxy groups -OCH3 is 1. The average molecular weight is 248 g/mol. The zero-order valence-corrected chi connectivity index (χ0v) is 10.3. The number of hydrogen-bond acceptors (Lipinski definition) is 3. The predicted octanol–water partition coefficient (Wildman–Crippen LogP) is 2.07. The number of carbonyl (C=O) groups is 2. The Balaban J connectivity index is 1.95. The second-order valence-electron chi connectivity index (χ2n) is 4.72. The first-order chi connectivity index (χ1) is 8.56. The van der Waals surface area contributed by atoms with Crippen LogP contribution in [0.1, 0.15) is 35.2 Å². The molecule has 0 spiro atoms. The van der Waals surface area contributed by atoms with Crippen LogP contribution < -0.4 is 0 Å². The van der Waals surface area contributed by atoms with Crippen LogP contribution >= 0.6 is 0 Å². The smallest absolute Gasteiger partial charge is 0.377 e. The van der Waals surface area contributed by atoms with Crippen molar-refractivity contribution in [3.05, 3.63) is 35.4 Å². The second-order valence-corrected chi connectivity index (χ2v) is 4.72. The third kappa shape index (κ3) is 2.76. The molecular weight excluding hydrogens is 232 g/mol. The zero-order chi connectivity index (χ0) is 13.2. The molecule has 1 aliphatic carbocycles. The Morgan fingerprint density at radius 2 is 1.89 bits per heavy atom. The van der Waals surface area contributed by atoms with Crippen LogP contribution in [0.2, 0.25) is 0 Å². The number of ether oxygens (including phenoxy) is 1. The third-order valence-corrected chi connectivity index (χ3v) is 3.52. The number of benzene rings is 1. The monoisotopic (exact) mass is 248 g/mol. The van der Waals surface area contributed by atoms with Crippen molar-refractivity contribution >= 4 is 11.8 Å². The summed E-state index contributed by atoms with van der Waals surface area (Å²) in [4.78, 5) is 21.7. The fraction of sp³-hybridized carbons (Fsp3) is 0.429. The van der Waals surface area contributed by atoms with Gasteiger partial charge in [-0.3, -0.25) is 4.79 Å². The third-order valence-electron chi connectivity index (χ3n) is 3.52. The maximum absolute atomic E-state index is 11.2. The van der Waals surface area contributed by atoms with Crippen molar-refractivity contribution in [2.24, 2.45) is 0 Å². The van der Waals surface area contributed by atoms with Gasteiger partial charge in [-0.15, -0.1) is 0 Å². The van der Waals surface area contributed by atoms with Crippen LogP contribution in [-0.2, 0) is 16.0 Å². The molecule has 1 aromatic rings. The number of carboxylic acids is 1. The van der Waals surface area contributed by atoms with Crippen LogP contribution in [0.3, 0.4) is 0 Å². The summed E-state index contributed by atoms with van der Waals surface area (Å²) in [5.41, 5.74) is 1.38. The molecule has 0 amide bonds. The van der Waals surface area contributed by atoms with Crippen LogP contribution in [0.5, 0.6) is 0 Å². The Bertz CT molecular complexity index is 457. The Morgan fingerprint density at radius 1 is 1.28 bits per heavy atom. The van der Waals surface area contributed by atoms with Gasteiger partial charge in [0.15, 0.2) is 0 Å². The number of ketones is 1. The second kappa shape index (κ2) is 4.90. The van der Waals surface area contributed by atoms with E-state index in [-0.39, 0.29) is 11.2 Å². The van der Waals surface area contributed by atoms with E-state index in [1.807, 2.05) is 12.1 Å². The van der Waals surface area contributed by atoms with Crippen LogP contribution in [0.4, 0.5) is 0 Å². The summed E-state index contributed by atoms with van der Waals surface area (Å²) < 4.78 is 5.43. The van der Waals surface area contributed by atoms with Crippen LogP contribution in [-0.4, -0.2) is 29.6 Å². The topological polar surface area (TPSA) is 63.6 Å². The molecular formula is C14H16O4. The minimum absolute atomic E-state index is 0.0650.